The van der Waals surface area contributed by atoms with Gasteiger partial charge in [-0.1, -0.05) is 32.0 Å². The van der Waals surface area contributed by atoms with E-state index in [9.17, 15) is 22.4 Å². The fourth-order valence-corrected chi connectivity index (χ4v) is 4.37. The summed E-state index contributed by atoms with van der Waals surface area (Å²) in [5.74, 6) is -0.876. The molecule has 0 saturated carbocycles. The van der Waals surface area contributed by atoms with Gasteiger partial charge in [0, 0.05) is 18.7 Å². The predicted molar refractivity (Wildman–Crippen MR) is 134 cm³/mol. The summed E-state index contributed by atoms with van der Waals surface area (Å²) in [6.45, 7) is 5.08. The highest BCUT2D eigenvalue weighted by Gasteiger charge is 2.32. The van der Waals surface area contributed by atoms with Crippen molar-refractivity contribution in [1.82, 2.24) is 10.2 Å². The number of amides is 2. The Morgan fingerprint density at radius 1 is 1.09 bits per heavy atom. The van der Waals surface area contributed by atoms with E-state index in [0.717, 1.165) is 10.6 Å². The summed E-state index contributed by atoms with van der Waals surface area (Å²) in [7, 11) is -2.39. The smallest absolute Gasteiger partial charge is 0.244 e. The zero-order chi connectivity index (χ0) is 26.2. The fourth-order valence-electron chi connectivity index (χ4n) is 3.53. The minimum absolute atomic E-state index is 0.0151. The number of ether oxygens (including phenoxy) is 1. The van der Waals surface area contributed by atoms with Crippen LogP contribution in [0.25, 0.3) is 0 Å². The Morgan fingerprint density at radius 3 is 2.29 bits per heavy atom. The van der Waals surface area contributed by atoms with E-state index in [1.807, 2.05) is 13.8 Å². The van der Waals surface area contributed by atoms with Gasteiger partial charge in [-0.25, -0.2) is 12.8 Å². The molecule has 0 saturated heterocycles. The molecule has 0 heterocycles. The van der Waals surface area contributed by atoms with Gasteiger partial charge in [-0.2, -0.15) is 0 Å². The number of halogens is 1. The van der Waals surface area contributed by atoms with Crippen molar-refractivity contribution in [3.63, 3.8) is 0 Å². The predicted octanol–water partition coefficient (Wildman–Crippen LogP) is 3.32. The third-order valence-corrected chi connectivity index (χ3v) is 6.81. The van der Waals surface area contributed by atoms with Crippen LogP contribution in [0.5, 0.6) is 5.75 Å². The number of benzene rings is 2. The second-order valence-electron chi connectivity index (χ2n) is 8.36. The summed E-state index contributed by atoms with van der Waals surface area (Å²) >= 11 is 0. The summed E-state index contributed by atoms with van der Waals surface area (Å²) in [6, 6.07) is 11.1. The lowest BCUT2D eigenvalue weighted by molar-refractivity contribution is -0.140. The van der Waals surface area contributed by atoms with Gasteiger partial charge in [0.2, 0.25) is 21.8 Å². The summed E-state index contributed by atoms with van der Waals surface area (Å²) in [6.07, 6.45) is 2.04. The SMILES string of the molecule is CC[C@@H](C)NC(=O)[C@@H](CC)N(Cc1ccc(F)cc1)C(=O)CN(c1cccc(OC)c1)S(C)(=O)=O. The molecular formula is C25H34FN3O5S. The molecule has 0 aromatic heterocycles. The number of rotatable bonds is 12. The molecule has 2 amide bonds. The first-order chi connectivity index (χ1) is 16.5. The van der Waals surface area contributed by atoms with Crippen LogP contribution in [-0.4, -0.2) is 57.1 Å². The highest BCUT2D eigenvalue weighted by molar-refractivity contribution is 7.92. The molecule has 2 rings (SSSR count). The molecular weight excluding hydrogens is 473 g/mol. The van der Waals surface area contributed by atoms with Crippen LogP contribution in [0.1, 0.15) is 39.2 Å². The zero-order valence-electron chi connectivity index (χ0n) is 20.8. The number of hydrogen-bond acceptors (Lipinski definition) is 5. The van der Waals surface area contributed by atoms with Crippen LogP contribution in [0.4, 0.5) is 10.1 Å². The van der Waals surface area contributed by atoms with Crippen molar-refractivity contribution in [1.29, 1.82) is 0 Å². The van der Waals surface area contributed by atoms with Gasteiger partial charge in [0.25, 0.3) is 0 Å². The van der Waals surface area contributed by atoms with Crippen LogP contribution < -0.4 is 14.4 Å². The molecule has 35 heavy (non-hydrogen) atoms. The first kappa shape index (κ1) is 28.1. The number of anilines is 1. The average molecular weight is 508 g/mol. The number of methoxy groups -OCH3 is 1. The van der Waals surface area contributed by atoms with E-state index in [0.29, 0.717) is 24.2 Å². The molecule has 8 nitrogen and oxygen atoms in total. The van der Waals surface area contributed by atoms with E-state index in [4.69, 9.17) is 4.74 Å². The van der Waals surface area contributed by atoms with Gasteiger partial charge in [0.15, 0.2) is 0 Å². The Balaban J connectivity index is 2.44. The number of hydrogen-bond donors (Lipinski definition) is 1. The van der Waals surface area contributed by atoms with E-state index in [2.05, 4.69) is 5.32 Å². The van der Waals surface area contributed by atoms with Gasteiger partial charge < -0.3 is 15.0 Å². The van der Waals surface area contributed by atoms with E-state index >= 15 is 0 Å². The molecule has 0 fully saturated rings. The molecule has 2 aromatic rings. The molecule has 0 unspecified atom stereocenters. The van der Waals surface area contributed by atoms with E-state index < -0.39 is 34.3 Å². The summed E-state index contributed by atoms with van der Waals surface area (Å²) in [5.41, 5.74) is 0.876. The van der Waals surface area contributed by atoms with E-state index in [1.165, 1.54) is 42.3 Å². The number of sulfonamides is 1. The van der Waals surface area contributed by atoms with Crippen molar-refractivity contribution in [2.24, 2.45) is 0 Å². The standard InChI is InChI=1S/C25H34FN3O5S/c1-6-18(3)27-25(31)23(7-2)28(16-19-11-13-20(26)14-12-19)24(30)17-29(35(5,32)33)21-9-8-10-22(15-21)34-4/h8-15,18,23H,6-7,16-17H2,1-5H3,(H,27,31)/t18-,23-/m1/s1. The highest BCUT2D eigenvalue weighted by Crippen LogP contribution is 2.24. The lowest BCUT2D eigenvalue weighted by Gasteiger charge is -2.33. The van der Waals surface area contributed by atoms with Crippen LogP contribution in [0.15, 0.2) is 48.5 Å². The number of carbonyl (C=O) groups is 2. The second-order valence-corrected chi connectivity index (χ2v) is 10.3. The molecule has 0 aliphatic rings. The van der Waals surface area contributed by atoms with Crippen LogP contribution in [-0.2, 0) is 26.2 Å². The molecule has 0 aliphatic carbocycles. The third kappa shape index (κ3) is 7.95. The van der Waals surface area contributed by atoms with Crippen LogP contribution in [0.3, 0.4) is 0 Å². The van der Waals surface area contributed by atoms with Crippen LogP contribution in [0.2, 0.25) is 0 Å². The summed E-state index contributed by atoms with van der Waals surface area (Å²) in [5, 5.41) is 2.90. The average Bonchev–Trinajstić information content (AvgIpc) is 2.82. The topological polar surface area (TPSA) is 96.0 Å². The Kier molecular flexibility index (Phi) is 10.1. The van der Waals surface area contributed by atoms with Gasteiger partial charge >= 0.3 is 0 Å². The summed E-state index contributed by atoms with van der Waals surface area (Å²) < 4.78 is 44.9. The van der Waals surface area contributed by atoms with Gasteiger partial charge in [-0.05, 0) is 49.6 Å². The maximum absolute atomic E-state index is 13.6. The molecule has 0 bridgehead atoms. The van der Waals surface area contributed by atoms with Gasteiger partial charge in [0.1, 0.15) is 24.2 Å². The van der Waals surface area contributed by atoms with Crippen molar-refractivity contribution in [2.75, 3.05) is 24.2 Å². The minimum atomic E-state index is -3.85. The lowest BCUT2D eigenvalue weighted by atomic mass is 10.1. The molecule has 0 spiro atoms. The monoisotopic (exact) mass is 507 g/mol. The quantitative estimate of drug-likeness (QED) is 0.476. The number of nitrogens with one attached hydrogen (secondary N) is 1. The van der Waals surface area contributed by atoms with E-state index in [1.54, 1.807) is 25.1 Å². The maximum Gasteiger partial charge on any atom is 0.244 e. The Bertz CT molecular complexity index is 1110. The normalized spacial score (nSPS) is 13.0. The van der Waals surface area contributed by atoms with Crippen LogP contribution in [0, 0.1) is 5.82 Å². The molecule has 10 heteroatoms. The zero-order valence-corrected chi connectivity index (χ0v) is 21.6. The third-order valence-electron chi connectivity index (χ3n) is 5.67. The van der Waals surface area contributed by atoms with Gasteiger partial charge in [-0.15, -0.1) is 0 Å². The molecule has 0 radical (unpaired) electrons. The highest BCUT2D eigenvalue weighted by atomic mass is 32.2. The second kappa shape index (κ2) is 12.5. The van der Waals surface area contributed by atoms with Crippen molar-refractivity contribution in [3.05, 3.63) is 59.9 Å². The van der Waals surface area contributed by atoms with Crippen molar-refractivity contribution in [2.45, 2.75) is 52.2 Å². The van der Waals surface area contributed by atoms with Crippen molar-refractivity contribution >= 4 is 27.5 Å². The maximum atomic E-state index is 13.6. The Morgan fingerprint density at radius 2 is 1.74 bits per heavy atom. The molecule has 2 atom stereocenters. The summed E-state index contributed by atoms with van der Waals surface area (Å²) in [4.78, 5) is 28.0. The number of carbonyl (C=O) groups excluding carboxylic acids is 2. The largest absolute Gasteiger partial charge is 0.497 e. The van der Waals surface area contributed by atoms with E-state index in [-0.39, 0.29) is 24.2 Å². The fraction of sp³-hybridized carbons (Fsp3) is 0.440. The van der Waals surface area contributed by atoms with Gasteiger partial charge in [0.05, 0.1) is 19.1 Å². The van der Waals surface area contributed by atoms with Crippen molar-refractivity contribution in [3.8, 4) is 5.75 Å². The van der Waals surface area contributed by atoms with Crippen LogP contribution >= 0.6 is 0 Å². The minimum Gasteiger partial charge on any atom is -0.497 e. The Labute approximate surface area is 207 Å². The van der Waals surface area contributed by atoms with Gasteiger partial charge in [-0.3, -0.25) is 13.9 Å². The van der Waals surface area contributed by atoms with Crippen molar-refractivity contribution < 1.29 is 27.1 Å². The molecule has 1 N–H and O–H groups in total. The Hall–Kier alpha value is -3.14. The molecule has 192 valence electrons. The lowest BCUT2D eigenvalue weighted by Crippen LogP contribution is -2.53. The molecule has 0 aliphatic heterocycles. The number of nitrogens with zero attached hydrogens (tertiary/aromatic N) is 2. The first-order valence-corrected chi connectivity index (χ1v) is 13.3. The molecule has 2 aromatic carbocycles. The first-order valence-electron chi connectivity index (χ1n) is 11.5.